The van der Waals surface area contributed by atoms with Crippen molar-refractivity contribution in [2.75, 3.05) is 13.1 Å². The van der Waals surface area contributed by atoms with Crippen LogP contribution in [0.3, 0.4) is 0 Å². The van der Waals surface area contributed by atoms with Crippen molar-refractivity contribution in [2.45, 2.75) is 51.3 Å². The number of likely N-dealkylation sites (tertiary alicyclic amines) is 2. The minimum Gasteiger partial charge on any atom is -0.426 e. The molecule has 3 rings (SSSR count). The van der Waals surface area contributed by atoms with Gasteiger partial charge in [0.2, 0.25) is 18.2 Å². The van der Waals surface area contributed by atoms with Gasteiger partial charge < -0.3 is 19.3 Å². The summed E-state index contributed by atoms with van der Waals surface area (Å²) >= 11 is 0. The SMILES string of the molecule is CC(C)C(=O)N1CCCC12CN([C@@H](c1nnco1)[C@H](C)O)C2=O. The molecule has 1 N–H and O–H groups in total. The van der Waals surface area contributed by atoms with Gasteiger partial charge >= 0.3 is 0 Å². The van der Waals surface area contributed by atoms with Crippen LogP contribution in [0.2, 0.25) is 0 Å². The largest absolute Gasteiger partial charge is 0.426 e. The molecule has 1 aromatic heterocycles. The second-order valence-electron chi connectivity index (χ2n) is 6.68. The van der Waals surface area contributed by atoms with E-state index in [0.717, 1.165) is 6.42 Å². The molecular weight excluding hydrogens is 300 g/mol. The van der Waals surface area contributed by atoms with Crippen LogP contribution in [0.25, 0.3) is 0 Å². The number of hydrogen-bond acceptors (Lipinski definition) is 6. The van der Waals surface area contributed by atoms with Gasteiger partial charge in [0.25, 0.3) is 5.91 Å². The first-order valence-corrected chi connectivity index (χ1v) is 7.95. The summed E-state index contributed by atoms with van der Waals surface area (Å²) in [6.45, 7) is 6.26. The highest BCUT2D eigenvalue weighted by Gasteiger charge is 2.62. The first-order valence-electron chi connectivity index (χ1n) is 7.95. The first-order chi connectivity index (χ1) is 10.9. The van der Waals surface area contributed by atoms with Crippen LogP contribution >= 0.6 is 0 Å². The molecule has 23 heavy (non-hydrogen) atoms. The summed E-state index contributed by atoms with van der Waals surface area (Å²) in [5, 5.41) is 17.5. The zero-order chi connectivity index (χ0) is 16.8. The fraction of sp³-hybridized carbons (Fsp3) is 0.733. The molecule has 2 fully saturated rings. The predicted molar refractivity (Wildman–Crippen MR) is 78.9 cm³/mol. The number of β-lactam (4-membered cyclic amide) rings is 1. The van der Waals surface area contributed by atoms with Crippen LogP contribution in [0.4, 0.5) is 0 Å². The minimum absolute atomic E-state index is 0.00175. The average Bonchev–Trinajstić information content (AvgIpc) is 3.16. The molecule has 8 nitrogen and oxygen atoms in total. The molecule has 0 saturated carbocycles. The van der Waals surface area contributed by atoms with E-state index in [4.69, 9.17) is 4.42 Å². The van der Waals surface area contributed by atoms with Gasteiger partial charge in [-0.1, -0.05) is 13.8 Å². The lowest BCUT2D eigenvalue weighted by Gasteiger charge is -2.53. The van der Waals surface area contributed by atoms with E-state index in [2.05, 4.69) is 10.2 Å². The number of nitrogens with zero attached hydrogens (tertiary/aromatic N) is 4. The molecule has 0 aromatic carbocycles. The summed E-state index contributed by atoms with van der Waals surface area (Å²) in [4.78, 5) is 28.5. The van der Waals surface area contributed by atoms with E-state index in [-0.39, 0.29) is 23.6 Å². The van der Waals surface area contributed by atoms with Crippen molar-refractivity contribution in [3.63, 3.8) is 0 Å². The van der Waals surface area contributed by atoms with E-state index in [0.29, 0.717) is 19.5 Å². The maximum Gasteiger partial charge on any atom is 0.251 e. The molecule has 0 radical (unpaired) electrons. The number of amides is 2. The van der Waals surface area contributed by atoms with Crippen molar-refractivity contribution in [1.82, 2.24) is 20.0 Å². The van der Waals surface area contributed by atoms with Crippen molar-refractivity contribution in [3.8, 4) is 0 Å². The van der Waals surface area contributed by atoms with Crippen molar-refractivity contribution in [2.24, 2.45) is 5.92 Å². The Morgan fingerprint density at radius 3 is 2.70 bits per heavy atom. The lowest BCUT2D eigenvalue weighted by molar-refractivity contribution is -0.176. The van der Waals surface area contributed by atoms with Gasteiger partial charge in [-0.15, -0.1) is 10.2 Å². The van der Waals surface area contributed by atoms with Gasteiger partial charge in [-0.3, -0.25) is 9.59 Å². The Labute approximate surface area is 134 Å². The van der Waals surface area contributed by atoms with Crippen molar-refractivity contribution < 1.29 is 19.1 Å². The van der Waals surface area contributed by atoms with Gasteiger partial charge in [0.1, 0.15) is 11.6 Å². The van der Waals surface area contributed by atoms with E-state index in [1.54, 1.807) is 11.8 Å². The molecule has 0 bridgehead atoms. The lowest BCUT2D eigenvalue weighted by atomic mass is 9.83. The second kappa shape index (κ2) is 5.59. The molecule has 2 saturated heterocycles. The minimum atomic E-state index is -0.840. The summed E-state index contributed by atoms with van der Waals surface area (Å²) in [5.41, 5.74) is -0.755. The Balaban J connectivity index is 1.83. The van der Waals surface area contributed by atoms with Gasteiger partial charge in [0.15, 0.2) is 0 Å². The van der Waals surface area contributed by atoms with E-state index < -0.39 is 17.7 Å². The molecule has 1 spiro atoms. The number of aliphatic hydroxyl groups is 1. The number of carbonyl (C=O) groups excluding carboxylic acids is 2. The fourth-order valence-electron chi connectivity index (χ4n) is 3.63. The maximum atomic E-state index is 12.9. The monoisotopic (exact) mass is 322 g/mol. The lowest BCUT2D eigenvalue weighted by Crippen LogP contribution is -2.74. The highest BCUT2D eigenvalue weighted by atomic mass is 16.4. The molecule has 8 heteroatoms. The Bertz CT molecular complexity index is 601. The number of aromatic nitrogens is 2. The van der Waals surface area contributed by atoms with Crippen molar-refractivity contribution >= 4 is 11.8 Å². The zero-order valence-electron chi connectivity index (χ0n) is 13.6. The Morgan fingerprint density at radius 2 is 2.17 bits per heavy atom. The van der Waals surface area contributed by atoms with Gasteiger partial charge in [-0.25, -0.2) is 0 Å². The number of aliphatic hydroxyl groups excluding tert-OH is 1. The number of carbonyl (C=O) groups is 2. The van der Waals surface area contributed by atoms with E-state index in [1.165, 1.54) is 11.3 Å². The third-order valence-electron chi connectivity index (χ3n) is 4.76. The smallest absolute Gasteiger partial charge is 0.251 e. The summed E-state index contributed by atoms with van der Waals surface area (Å²) < 4.78 is 5.17. The highest BCUT2D eigenvalue weighted by molar-refractivity contribution is 5.97. The first kappa shape index (κ1) is 15.9. The average molecular weight is 322 g/mol. The molecular formula is C15H22N4O4. The fourth-order valence-corrected chi connectivity index (χ4v) is 3.63. The summed E-state index contributed by atoms with van der Waals surface area (Å²) in [7, 11) is 0. The Morgan fingerprint density at radius 1 is 1.43 bits per heavy atom. The van der Waals surface area contributed by atoms with Crippen molar-refractivity contribution in [1.29, 1.82) is 0 Å². The number of hydrogen-bond donors (Lipinski definition) is 1. The third kappa shape index (κ3) is 2.32. The van der Waals surface area contributed by atoms with Crippen LogP contribution in [-0.4, -0.2) is 61.7 Å². The van der Waals surface area contributed by atoms with Gasteiger partial charge in [0, 0.05) is 12.5 Å². The summed E-state index contributed by atoms with van der Waals surface area (Å²) in [6, 6.07) is -0.674. The quantitative estimate of drug-likeness (QED) is 0.803. The molecule has 1 unspecified atom stereocenters. The standard InChI is InChI=1S/C15H22N4O4/c1-9(2)13(21)19-6-4-5-15(19)7-18(14(15)22)11(10(3)20)12-17-16-8-23-12/h8-11,20H,4-7H2,1-3H3/t10-,11+,15?/m0/s1. The third-order valence-corrected chi connectivity index (χ3v) is 4.76. The maximum absolute atomic E-state index is 12.9. The zero-order valence-corrected chi connectivity index (χ0v) is 13.6. The van der Waals surface area contributed by atoms with E-state index in [9.17, 15) is 14.7 Å². The van der Waals surface area contributed by atoms with E-state index in [1.807, 2.05) is 13.8 Å². The molecule has 2 amide bonds. The Hall–Kier alpha value is -1.96. The molecule has 126 valence electrons. The van der Waals surface area contributed by atoms with Crippen LogP contribution in [0.5, 0.6) is 0 Å². The highest BCUT2D eigenvalue weighted by Crippen LogP contribution is 2.43. The normalized spacial score (nSPS) is 26.7. The van der Waals surface area contributed by atoms with Crippen LogP contribution < -0.4 is 0 Å². The van der Waals surface area contributed by atoms with Crippen LogP contribution in [0.15, 0.2) is 10.8 Å². The van der Waals surface area contributed by atoms with Crippen LogP contribution in [-0.2, 0) is 9.59 Å². The second-order valence-corrected chi connectivity index (χ2v) is 6.68. The molecule has 1 aromatic rings. The van der Waals surface area contributed by atoms with Crippen LogP contribution in [0.1, 0.15) is 45.5 Å². The topological polar surface area (TPSA) is 99.8 Å². The van der Waals surface area contributed by atoms with Gasteiger partial charge in [-0.2, -0.15) is 0 Å². The summed E-state index contributed by atoms with van der Waals surface area (Å²) in [6.07, 6.45) is 1.82. The molecule has 2 aliphatic heterocycles. The van der Waals surface area contributed by atoms with Gasteiger partial charge in [-0.05, 0) is 19.8 Å². The molecule has 3 atom stereocenters. The molecule has 3 heterocycles. The summed E-state index contributed by atoms with van der Waals surface area (Å²) in [5.74, 6) is -0.0757. The van der Waals surface area contributed by atoms with Gasteiger partial charge in [0.05, 0.1) is 12.6 Å². The van der Waals surface area contributed by atoms with Crippen LogP contribution in [0, 0.1) is 5.92 Å². The predicted octanol–water partition coefficient (Wildman–Crippen LogP) is 0.351. The molecule has 0 aliphatic carbocycles. The Kier molecular flexibility index (Phi) is 3.87. The van der Waals surface area contributed by atoms with Crippen molar-refractivity contribution in [3.05, 3.63) is 12.3 Å². The van der Waals surface area contributed by atoms with E-state index >= 15 is 0 Å². The number of rotatable bonds is 4. The molecule has 2 aliphatic rings.